The highest BCUT2D eigenvalue weighted by atomic mass is 16.3. The van der Waals surface area contributed by atoms with Crippen LogP contribution < -0.4 is 10.6 Å². The van der Waals surface area contributed by atoms with Gasteiger partial charge in [-0.1, -0.05) is 6.92 Å². The first kappa shape index (κ1) is 13.9. The van der Waals surface area contributed by atoms with Crippen molar-refractivity contribution in [3.05, 3.63) is 0 Å². The van der Waals surface area contributed by atoms with Gasteiger partial charge in [0.25, 0.3) is 0 Å². The lowest BCUT2D eigenvalue weighted by Gasteiger charge is -2.21. The van der Waals surface area contributed by atoms with Gasteiger partial charge in [-0.05, 0) is 20.8 Å². The third kappa shape index (κ3) is 5.37. The highest BCUT2D eigenvalue weighted by Crippen LogP contribution is 1.95. The third-order valence-electron chi connectivity index (χ3n) is 1.83. The highest BCUT2D eigenvalue weighted by Gasteiger charge is 2.25. The molecule has 0 bridgehead atoms. The minimum Gasteiger partial charge on any atom is -0.391 e. The molecule has 0 aromatic carbocycles. The predicted molar refractivity (Wildman–Crippen MR) is 57.2 cm³/mol. The second-order valence-electron chi connectivity index (χ2n) is 3.80. The van der Waals surface area contributed by atoms with Crippen LogP contribution >= 0.6 is 0 Å². The van der Waals surface area contributed by atoms with Gasteiger partial charge in [-0.2, -0.15) is 0 Å². The molecule has 0 saturated heterocycles. The van der Waals surface area contributed by atoms with Gasteiger partial charge in [-0.15, -0.1) is 0 Å². The van der Waals surface area contributed by atoms with Crippen LogP contribution in [0.4, 0.5) is 0 Å². The maximum absolute atomic E-state index is 11.6. The molecule has 2 amide bonds. The number of nitrogens with one attached hydrogen (secondary N) is 2. The molecule has 0 radical (unpaired) electrons. The lowest BCUT2D eigenvalue weighted by Crippen LogP contribution is -2.53. The quantitative estimate of drug-likeness (QED) is 0.595. The molecule has 5 nitrogen and oxygen atoms in total. The van der Waals surface area contributed by atoms with Crippen molar-refractivity contribution in [1.29, 1.82) is 0 Å². The van der Waals surface area contributed by atoms with E-state index in [1.165, 1.54) is 6.92 Å². The van der Waals surface area contributed by atoms with Crippen LogP contribution in [-0.2, 0) is 9.59 Å². The van der Waals surface area contributed by atoms with Crippen LogP contribution in [-0.4, -0.2) is 35.1 Å². The summed E-state index contributed by atoms with van der Waals surface area (Å²) < 4.78 is 0. The van der Waals surface area contributed by atoms with Gasteiger partial charge in [0.05, 0.1) is 6.10 Å². The van der Waals surface area contributed by atoms with Gasteiger partial charge in [0.1, 0.15) is 6.04 Å². The van der Waals surface area contributed by atoms with Crippen LogP contribution in [0.3, 0.4) is 0 Å². The van der Waals surface area contributed by atoms with Crippen LogP contribution in [0.2, 0.25) is 0 Å². The van der Waals surface area contributed by atoms with Gasteiger partial charge in [0, 0.05) is 12.5 Å². The number of aliphatic hydroxyl groups is 1. The normalized spacial score (nSPS) is 14.5. The van der Waals surface area contributed by atoms with Crippen molar-refractivity contribution in [1.82, 2.24) is 10.6 Å². The third-order valence-corrected chi connectivity index (χ3v) is 1.83. The molecule has 0 aliphatic rings. The van der Waals surface area contributed by atoms with E-state index in [1.54, 1.807) is 6.92 Å². The largest absolute Gasteiger partial charge is 0.391 e. The lowest BCUT2D eigenvalue weighted by atomic mass is 10.1. The minimum absolute atomic E-state index is 0.0164. The standard InChI is InChI=1S/C10H20N2O3/c1-5-8(14)12-9(7(4)13)10(15)11-6(2)3/h6-7,9,13H,5H2,1-4H3,(H,11,15)(H,12,14). The van der Waals surface area contributed by atoms with E-state index in [9.17, 15) is 14.7 Å². The summed E-state index contributed by atoms with van der Waals surface area (Å²) >= 11 is 0. The molecule has 0 heterocycles. The summed E-state index contributed by atoms with van der Waals surface area (Å²) in [5.74, 6) is -0.610. The average Bonchev–Trinajstić information content (AvgIpc) is 2.11. The van der Waals surface area contributed by atoms with E-state index >= 15 is 0 Å². The predicted octanol–water partition coefficient (Wildman–Crippen LogP) is -0.213. The summed E-state index contributed by atoms with van der Waals surface area (Å²) in [6.45, 7) is 6.80. The monoisotopic (exact) mass is 216 g/mol. The molecule has 3 N–H and O–H groups in total. The number of carbonyl (C=O) groups is 2. The van der Waals surface area contributed by atoms with Gasteiger partial charge in [-0.25, -0.2) is 0 Å². The van der Waals surface area contributed by atoms with E-state index in [4.69, 9.17) is 0 Å². The molecule has 2 unspecified atom stereocenters. The highest BCUT2D eigenvalue weighted by molar-refractivity contribution is 5.88. The second-order valence-corrected chi connectivity index (χ2v) is 3.80. The number of rotatable bonds is 5. The number of hydrogen-bond acceptors (Lipinski definition) is 3. The van der Waals surface area contributed by atoms with E-state index in [1.807, 2.05) is 13.8 Å². The Balaban J connectivity index is 4.39. The molecule has 5 heteroatoms. The molecule has 2 atom stereocenters. The van der Waals surface area contributed by atoms with E-state index in [0.717, 1.165) is 0 Å². The number of amides is 2. The maximum Gasteiger partial charge on any atom is 0.245 e. The average molecular weight is 216 g/mol. The van der Waals surface area contributed by atoms with Crippen LogP contribution in [0.15, 0.2) is 0 Å². The summed E-state index contributed by atoms with van der Waals surface area (Å²) in [6, 6.07) is -0.892. The van der Waals surface area contributed by atoms with Crippen molar-refractivity contribution in [3.63, 3.8) is 0 Å². The van der Waals surface area contributed by atoms with Crippen molar-refractivity contribution in [3.8, 4) is 0 Å². The first-order valence-electron chi connectivity index (χ1n) is 5.16. The van der Waals surface area contributed by atoms with E-state index in [-0.39, 0.29) is 24.3 Å². The Labute approximate surface area is 90.2 Å². The Morgan fingerprint density at radius 2 is 1.73 bits per heavy atom. The van der Waals surface area contributed by atoms with Crippen LogP contribution in [0.25, 0.3) is 0 Å². The first-order chi connectivity index (χ1) is 6.88. The Bertz CT molecular complexity index is 227. The fourth-order valence-electron chi connectivity index (χ4n) is 1.06. The second kappa shape index (κ2) is 6.40. The number of aliphatic hydroxyl groups excluding tert-OH is 1. The molecule has 15 heavy (non-hydrogen) atoms. The zero-order valence-electron chi connectivity index (χ0n) is 9.70. The van der Waals surface area contributed by atoms with E-state index < -0.39 is 12.1 Å². The fourth-order valence-corrected chi connectivity index (χ4v) is 1.06. The number of carbonyl (C=O) groups excluding carboxylic acids is 2. The molecule has 0 aliphatic heterocycles. The summed E-state index contributed by atoms with van der Waals surface area (Å²) in [7, 11) is 0. The van der Waals surface area contributed by atoms with Gasteiger partial charge in [0.15, 0.2) is 0 Å². The smallest absolute Gasteiger partial charge is 0.245 e. The van der Waals surface area contributed by atoms with Crippen molar-refractivity contribution in [2.24, 2.45) is 0 Å². The zero-order chi connectivity index (χ0) is 12.0. The summed E-state index contributed by atoms with van der Waals surface area (Å²) in [5.41, 5.74) is 0. The van der Waals surface area contributed by atoms with Gasteiger partial charge >= 0.3 is 0 Å². The summed E-state index contributed by atoms with van der Waals surface area (Å²) in [6.07, 6.45) is -0.614. The molecule has 0 aromatic rings. The fraction of sp³-hybridized carbons (Fsp3) is 0.800. The Morgan fingerprint density at radius 1 is 1.20 bits per heavy atom. The topological polar surface area (TPSA) is 78.4 Å². The van der Waals surface area contributed by atoms with Crippen LogP contribution in [0, 0.1) is 0 Å². The van der Waals surface area contributed by atoms with Crippen molar-refractivity contribution >= 4 is 11.8 Å². The summed E-state index contributed by atoms with van der Waals surface area (Å²) in [5, 5.41) is 14.5. The van der Waals surface area contributed by atoms with E-state index in [2.05, 4.69) is 10.6 Å². The first-order valence-corrected chi connectivity index (χ1v) is 5.16. The molecule has 0 aliphatic carbocycles. The van der Waals surface area contributed by atoms with Gasteiger partial charge in [0.2, 0.25) is 11.8 Å². The zero-order valence-corrected chi connectivity index (χ0v) is 9.70. The molecule has 0 spiro atoms. The van der Waals surface area contributed by atoms with Crippen LogP contribution in [0.1, 0.15) is 34.1 Å². The molecule has 0 fully saturated rings. The van der Waals surface area contributed by atoms with Crippen molar-refractivity contribution < 1.29 is 14.7 Å². The van der Waals surface area contributed by atoms with Crippen molar-refractivity contribution in [2.75, 3.05) is 0 Å². The van der Waals surface area contributed by atoms with Gasteiger partial charge in [-0.3, -0.25) is 9.59 Å². The maximum atomic E-state index is 11.6. The molecule has 0 rings (SSSR count). The Morgan fingerprint density at radius 3 is 2.07 bits per heavy atom. The van der Waals surface area contributed by atoms with Crippen LogP contribution in [0.5, 0.6) is 0 Å². The van der Waals surface area contributed by atoms with Gasteiger partial charge < -0.3 is 15.7 Å². The number of hydrogen-bond donors (Lipinski definition) is 3. The summed E-state index contributed by atoms with van der Waals surface area (Å²) in [4.78, 5) is 22.7. The Kier molecular flexibility index (Phi) is 5.93. The Hall–Kier alpha value is -1.10. The minimum atomic E-state index is -0.903. The molecular weight excluding hydrogens is 196 g/mol. The van der Waals surface area contributed by atoms with Crippen molar-refractivity contribution in [2.45, 2.75) is 52.3 Å². The molecule has 0 aromatic heterocycles. The lowest BCUT2D eigenvalue weighted by molar-refractivity contribution is -0.131. The molecule has 88 valence electrons. The molecule has 0 saturated carbocycles. The SMILES string of the molecule is CCC(=O)NC(C(=O)NC(C)C)C(C)O. The molecular formula is C10H20N2O3. The van der Waals surface area contributed by atoms with E-state index in [0.29, 0.717) is 0 Å².